The normalized spacial score (nSPS) is 14.1. The molecular weight excluding hydrogens is 397 g/mol. The number of amides is 2. The van der Waals surface area contributed by atoms with Gasteiger partial charge in [-0.2, -0.15) is 0 Å². The van der Waals surface area contributed by atoms with Crippen LogP contribution in [-0.4, -0.2) is 23.3 Å². The Morgan fingerprint density at radius 3 is 2.20 bits per heavy atom. The molecule has 0 aromatic heterocycles. The predicted molar refractivity (Wildman–Crippen MR) is 121 cm³/mol. The van der Waals surface area contributed by atoms with E-state index in [0.717, 1.165) is 24.8 Å². The molecule has 30 heavy (non-hydrogen) atoms. The first kappa shape index (κ1) is 22.3. The molecule has 0 saturated carbocycles. The minimum absolute atomic E-state index is 0.228. The van der Waals surface area contributed by atoms with Gasteiger partial charge in [-0.25, -0.2) is 4.39 Å². The maximum Gasteiger partial charge on any atom is 0.267 e. The van der Waals surface area contributed by atoms with Gasteiger partial charge in [0.05, 0.1) is 10.5 Å². The van der Waals surface area contributed by atoms with Crippen LogP contribution in [-0.2, 0) is 15.3 Å². The highest BCUT2D eigenvalue weighted by Crippen LogP contribution is 2.37. The third kappa shape index (κ3) is 5.60. The quantitative estimate of drug-likeness (QED) is 0.318. The van der Waals surface area contributed by atoms with E-state index in [1.807, 2.05) is 30.3 Å². The van der Waals surface area contributed by atoms with Gasteiger partial charge in [-0.1, -0.05) is 81.5 Å². The summed E-state index contributed by atoms with van der Waals surface area (Å²) in [6.45, 7) is 2.61. The van der Waals surface area contributed by atoms with Crippen molar-refractivity contribution in [2.75, 3.05) is 6.54 Å². The van der Waals surface area contributed by atoms with Crippen molar-refractivity contribution in [1.29, 1.82) is 0 Å². The van der Waals surface area contributed by atoms with Gasteiger partial charge in [0.25, 0.3) is 11.8 Å². The second-order valence-electron chi connectivity index (χ2n) is 7.52. The number of benzene rings is 2. The molecule has 0 radical (unpaired) electrons. The van der Waals surface area contributed by atoms with Crippen molar-refractivity contribution < 1.29 is 14.0 Å². The van der Waals surface area contributed by atoms with Gasteiger partial charge in [-0.05, 0) is 29.7 Å². The van der Waals surface area contributed by atoms with Crippen molar-refractivity contribution in [3.05, 3.63) is 76.4 Å². The average molecular weight is 426 g/mol. The Kier molecular flexibility index (Phi) is 8.26. The van der Waals surface area contributed by atoms with E-state index in [-0.39, 0.29) is 17.6 Å². The summed E-state index contributed by atoms with van der Waals surface area (Å²) in [5.41, 5.74) is 2.07. The molecule has 0 aliphatic carbocycles. The van der Waals surface area contributed by atoms with Crippen LogP contribution in [0.1, 0.15) is 56.6 Å². The number of hydrogen-bond acceptors (Lipinski definition) is 3. The molecule has 0 unspecified atom stereocenters. The Balaban J connectivity index is 1.75. The van der Waals surface area contributed by atoms with E-state index in [1.54, 1.807) is 12.1 Å². The second-order valence-corrected chi connectivity index (χ2v) is 8.50. The zero-order chi connectivity index (χ0) is 21.3. The highest BCUT2D eigenvalue weighted by Gasteiger charge is 2.38. The van der Waals surface area contributed by atoms with E-state index >= 15 is 0 Å². The number of carbonyl (C=O) groups is 2. The standard InChI is InChI=1S/C25H28FNO2S/c1-2-3-4-5-6-10-17-27-24(28)22(20-13-15-21(26)16-14-20)23(25(27)29)30-18-19-11-8-7-9-12-19/h7-9,11-16H,2-6,10,17-18H2,1H3. The zero-order valence-corrected chi connectivity index (χ0v) is 18.2. The summed E-state index contributed by atoms with van der Waals surface area (Å²) in [7, 11) is 0. The van der Waals surface area contributed by atoms with Gasteiger partial charge >= 0.3 is 0 Å². The molecule has 3 nitrogen and oxygen atoms in total. The molecule has 0 fully saturated rings. The maximum atomic E-state index is 13.4. The molecular formula is C25H28FNO2S. The molecule has 0 spiro atoms. The molecule has 2 amide bonds. The number of hydrogen-bond donors (Lipinski definition) is 0. The summed E-state index contributed by atoms with van der Waals surface area (Å²) in [6.07, 6.45) is 6.55. The Morgan fingerprint density at radius 1 is 0.833 bits per heavy atom. The van der Waals surface area contributed by atoms with Crippen molar-refractivity contribution in [2.45, 2.75) is 51.2 Å². The molecule has 0 N–H and O–H groups in total. The SMILES string of the molecule is CCCCCCCCN1C(=O)C(SCc2ccccc2)=C(c2ccc(F)cc2)C1=O. The lowest BCUT2D eigenvalue weighted by Crippen LogP contribution is -2.32. The molecule has 0 saturated heterocycles. The van der Waals surface area contributed by atoms with Crippen LogP contribution in [0.4, 0.5) is 4.39 Å². The number of thioether (sulfide) groups is 1. The fourth-order valence-corrected chi connectivity index (χ4v) is 4.63. The van der Waals surface area contributed by atoms with Crippen LogP contribution in [0.5, 0.6) is 0 Å². The van der Waals surface area contributed by atoms with Crippen LogP contribution in [0, 0.1) is 5.82 Å². The largest absolute Gasteiger partial charge is 0.274 e. The Morgan fingerprint density at radius 2 is 1.50 bits per heavy atom. The second kappa shape index (κ2) is 11.1. The van der Waals surface area contributed by atoms with E-state index in [0.29, 0.717) is 28.3 Å². The molecule has 158 valence electrons. The van der Waals surface area contributed by atoms with Crippen LogP contribution >= 0.6 is 11.8 Å². The summed E-state index contributed by atoms with van der Waals surface area (Å²) >= 11 is 1.38. The fraction of sp³-hybridized carbons (Fsp3) is 0.360. The molecule has 2 aromatic rings. The molecule has 1 aliphatic rings. The molecule has 0 atom stereocenters. The minimum atomic E-state index is -0.362. The first-order chi connectivity index (χ1) is 14.6. The number of nitrogens with zero attached hydrogens (tertiary/aromatic N) is 1. The first-order valence-electron chi connectivity index (χ1n) is 10.6. The van der Waals surface area contributed by atoms with Gasteiger partial charge < -0.3 is 0 Å². The molecule has 0 bridgehead atoms. The third-order valence-electron chi connectivity index (χ3n) is 5.22. The minimum Gasteiger partial charge on any atom is -0.274 e. The summed E-state index contributed by atoms with van der Waals surface area (Å²) in [5.74, 6) is -0.256. The van der Waals surface area contributed by atoms with E-state index in [1.165, 1.54) is 48.1 Å². The molecule has 2 aromatic carbocycles. The van der Waals surface area contributed by atoms with E-state index < -0.39 is 0 Å². The van der Waals surface area contributed by atoms with Gasteiger partial charge in [0.15, 0.2) is 0 Å². The number of imide groups is 1. The zero-order valence-electron chi connectivity index (χ0n) is 17.4. The monoisotopic (exact) mass is 425 g/mol. The average Bonchev–Trinajstić information content (AvgIpc) is 3.00. The van der Waals surface area contributed by atoms with Gasteiger partial charge in [-0.3, -0.25) is 14.5 Å². The Labute approximate surface area is 182 Å². The van der Waals surface area contributed by atoms with Crippen molar-refractivity contribution in [3.63, 3.8) is 0 Å². The third-order valence-corrected chi connectivity index (χ3v) is 6.36. The lowest BCUT2D eigenvalue weighted by molar-refractivity contribution is -0.136. The molecule has 3 rings (SSSR count). The van der Waals surface area contributed by atoms with Crippen LogP contribution in [0.3, 0.4) is 0 Å². The molecule has 1 aliphatic heterocycles. The maximum absolute atomic E-state index is 13.4. The van der Waals surface area contributed by atoms with E-state index in [9.17, 15) is 14.0 Å². The first-order valence-corrected chi connectivity index (χ1v) is 11.6. The van der Waals surface area contributed by atoms with Gasteiger partial charge in [0.2, 0.25) is 0 Å². The van der Waals surface area contributed by atoms with Gasteiger partial charge in [-0.15, -0.1) is 11.8 Å². The lowest BCUT2D eigenvalue weighted by atomic mass is 10.1. The van der Waals surface area contributed by atoms with Crippen molar-refractivity contribution >= 4 is 29.1 Å². The number of unbranched alkanes of at least 4 members (excludes halogenated alkanes) is 5. The highest BCUT2D eigenvalue weighted by atomic mass is 32.2. The molecule has 5 heteroatoms. The van der Waals surface area contributed by atoms with Crippen LogP contribution in [0.2, 0.25) is 0 Å². The Bertz CT molecular complexity index is 893. The lowest BCUT2D eigenvalue weighted by Gasteiger charge is -2.15. The highest BCUT2D eigenvalue weighted by molar-refractivity contribution is 8.03. The fourth-order valence-electron chi connectivity index (χ4n) is 3.54. The van der Waals surface area contributed by atoms with Crippen molar-refractivity contribution in [1.82, 2.24) is 4.90 Å². The number of halogens is 1. The summed E-state index contributed by atoms with van der Waals surface area (Å²) in [6, 6.07) is 15.7. The van der Waals surface area contributed by atoms with Crippen molar-refractivity contribution in [2.24, 2.45) is 0 Å². The predicted octanol–water partition coefficient (Wildman–Crippen LogP) is 6.20. The smallest absolute Gasteiger partial charge is 0.267 e. The topological polar surface area (TPSA) is 37.4 Å². The van der Waals surface area contributed by atoms with Crippen LogP contribution in [0.15, 0.2) is 59.5 Å². The molecule has 1 heterocycles. The van der Waals surface area contributed by atoms with E-state index in [2.05, 4.69) is 6.92 Å². The Hall–Kier alpha value is -2.40. The summed E-state index contributed by atoms with van der Waals surface area (Å²) < 4.78 is 13.4. The van der Waals surface area contributed by atoms with Gasteiger partial charge in [0, 0.05) is 12.3 Å². The van der Waals surface area contributed by atoms with Crippen LogP contribution in [0.25, 0.3) is 5.57 Å². The van der Waals surface area contributed by atoms with Crippen molar-refractivity contribution in [3.8, 4) is 0 Å². The summed E-state index contributed by atoms with van der Waals surface area (Å²) in [4.78, 5) is 28.1. The van der Waals surface area contributed by atoms with E-state index in [4.69, 9.17) is 0 Å². The number of rotatable bonds is 11. The number of carbonyl (C=O) groups excluding carboxylic acids is 2. The van der Waals surface area contributed by atoms with Gasteiger partial charge in [0.1, 0.15) is 5.82 Å². The van der Waals surface area contributed by atoms with Crippen LogP contribution < -0.4 is 0 Å². The summed E-state index contributed by atoms with van der Waals surface area (Å²) in [5, 5.41) is 0.